The van der Waals surface area contributed by atoms with Crippen molar-refractivity contribution in [1.29, 1.82) is 0 Å². The van der Waals surface area contributed by atoms with Gasteiger partial charge in [0.25, 0.3) is 0 Å². The maximum absolute atomic E-state index is 12.5. The molecule has 4 atom stereocenters. The number of carbonyl (C=O) groups excluding carboxylic acids is 3. The van der Waals surface area contributed by atoms with Crippen LogP contribution < -0.4 is 5.32 Å². The third-order valence-corrected chi connectivity index (χ3v) is 5.47. The van der Waals surface area contributed by atoms with E-state index in [1.54, 1.807) is 13.8 Å². The zero-order valence-electron chi connectivity index (χ0n) is 14.1. The number of rotatable bonds is 4. The standard InChI is InChI=1S/C17H19N5O3/c1-8-9(2)20-21-17(18-8)19-12(23)5-6-22-15(24)13-10-3-4-11(7-10)14(13)16(22)25/h3-4,10-11,13-14H,5-7H2,1-2H3,(H,18,19,21,23)/t10-,11-,13-,14+/m0/s1. The lowest BCUT2D eigenvalue weighted by atomic mass is 9.85. The summed E-state index contributed by atoms with van der Waals surface area (Å²) in [5, 5.41) is 10.3. The number of hydrogen-bond acceptors (Lipinski definition) is 6. The van der Waals surface area contributed by atoms with Crippen molar-refractivity contribution in [2.45, 2.75) is 26.7 Å². The van der Waals surface area contributed by atoms with Gasteiger partial charge < -0.3 is 0 Å². The van der Waals surface area contributed by atoms with Gasteiger partial charge in [0.15, 0.2) is 0 Å². The Morgan fingerprint density at radius 3 is 2.36 bits per heavy atom. The van der Waals surface area contributed by atoms with Crippen molar-refractivity contribution in [3.05, 3.63) is 23.5 Å². The van der Waals surface area contributed by atoms with E-state index in [0.717, 1.165) is 6.42 Å². The summed E-state index contributed by atoms with van der Waals surface area (Å²) in [5.74, 6) is -0.571. The molecule has 3 amide bonds. The van der Waals surface area contributed by atoms with Crippen molar-refractivity contribution >= 4 is 23.7 Å². The van der Waals surface area contributed by atoms with Gasteiger partial charge in [-0.25, -0.2) is 4.98 Å². The minimum atomic E-state index is -0.344. The van der Waals surface area contributed by atoms with Crippen LogP contribution in [0.5, 0.6) is 0 Å². The number of hydrogen-bond donors (Lipinski definition) is 1. The first-order valence-corrected chi connectivity index (χ1v) is 8.47. The van der Waals surface area contributed by atoms with Gasteiger partial charge in [0, 0.05) is 13.0 Å². The molecule has 0 spiro atoms. The van der Waals surface area contributed by atoms with Gasteiger partial charge in [-0.1, -0.05) is 12.2 Å². The smallest absolute Gasteiger partial charge is 0.249 e. The molecule has 1 saturated carbocycles. The molecule has 8 heteroatoms. The van der Waals surface area contributed by atoms with Crippen molar-refractivity contribution in [2.75, 3.05) is 11.9 Å². The van der Waals surface area contributed by atoms with Crippen LogP contribution in [-0.2, 0) is 14.4 Å². The Morgan fingerprint density at radius 2 is 1.76 bits per heavy atom. The summed E-state index contributed by atoms with van der Waals surface area (Å²) < 4.78 is 0. The molecule has 25 heavy (non-hydrogen) atoms. The number of nitrogens with zero attached hydrogens (tertiary/aromatic N) is 4. The maximum atomic E-state index is 12.5. The van der Waals surface area contributed by atoms with Gasteiger partial charge in [0.1, 0.15) is 0 Å². The zero-order chi connectivity index (χ0) is 17.7. The van der Waals surface area contributed by atoms with E-state index in [9.17, 15) is 14.4 Å². The van der Waals surface area contributed by atoms with Crippen LogP contribution in [0.2, 0.25) is 0 Å². The molecular formula is C17H19N5O3. The Bertz CT molecular complexity index is 775. The number of aryl methyl sites for hydroxylation is 2. The van der Waals surface area contributed by atoms with Gasteiger partial charge >= 0.3 is 0 Å². The molecule has 2 fully saturated rings. The Kier molecular flexibility index (Phi) is 3.63. The lowest BCUT2D eigenvalue weighted by Gasteiger charge is -2.16. The highest BCUT2D eigenvalue weighted by Gasteiger charge is 2.58. The topological polar surface area (TPSA) is 105 Å². The van der Waals surface area contributed by atoms with Gasteiger partial charge in [0.05, 0.1) is 23.2 Å². The maximum Gasteiger partial charge on any atom is 0.249 e. The number of allylic oxidation sites excluding steroid dienone is 2. The van der Waals surface area contributed by atoms with Crippen molar-refractivity contribution in [2.24, 2.45) is 23.7 Å². The van der Waals surface area contributed by atoms with Crippen molar-refractivity contribution in [3.8, 4) is 0 Å². The molecule has 4 rings (SSSR count). The van der Waals surface area contributed by atoms with Gasteiger partial charge in [-0.15, -0.1) is 5.10 Å². The first-order chi connectivity index (χ1) is 12.0. The van der Waals surface area contributed by atoms with Crippen LogP contribution in [-0.4, -0.2) is 44.3 Å². The van der Waals surface area contributed by atoms with E-state index in [-0.39, 0.29) is 60.3 Å². The van der Waals surface area contributed by atoms with E-state index in [1.165, 1.54) is 4.90 Å². The Hall–Kier alpha value is -2.64. The predicted octanol–water partition coefficient (Wildman–Crippen LogP) is 0.624. The first kappa shape index (κ1) is 15.9. The fourth-order valence-electron chi connectivity index (χ4n) is 4.09. The van der Waals surface area contributed by atoms with Crippen LogP contribution in [0.4, 0.5) is 5.95 Å². The van der Waals surface area contributed by atoms with Crippen LogP contribution in [0.15, 0.2) is 12.2 Å². The van der Waals surface area contributed by atoms with Crippen molar-refractivity contribution in [3.63, 3.8) is 0 Å². The molecule has 1 saturated heterocycles. The molecule has 130 valence electrons. The zero-order valence-corrected chi connectivity index (χ0v) is 14.1. The van der Waals surface area contributed by atoms with Gasteiger partial charge in [0.2, 0.25) is 23.7 Å². The second-order valence-electron chi connectivity index (χ2n) is 6.93. The molecule has 1 aliphatic heterocycles. The molecule has 0 aromatic carbocycles. The average Bonchev–Trinajstić information content (AvgIpc) is 3.24. The van der Waals surface area contributed by atoms with Gasteiger partial charge in [-0.05, 0) is 32.1 Å². The van der Waals surface area contributed by atoms with Crippen LogP contribution in [0.1, 0.15) is 24.2 Å². The molecule has 1 N–H and O–H groups in total. The largest absolute Gasteiger partial charge is 0.293 e. The molecule has 3 aliphatic rings. The summed E-state index contributed by atoms with van der Waals surface area (Å²) in [6.07, 6.45) is 5.03. The average molecular weight is 341 g/mol. The number of fused-ring (bicyclic) bond motifs is 5. The Morgan fingerprint density at radius 1 is 1.12 bits per heavy atom. The minimum absolute atomic E-state index is 0.0238. The normalized spacial score (nSPS) is 29.4. The number of likely N-dealkylation sites (tertiary alicyclic amines) is 1. The Labute approximate surface area is 144 Å². The third-order valence-electron chi connectivity index (χ3n) is 5.47. The first-order valence-electron chi connectivity index (χ1n) is 8.47. The predicted molar refractivity (Wildman–Crippen MR) is 87.0 cm³/mol. The molecule has 1 aromatic heterocycles. The summed E-state index contributed by atoms with van der Waals surface area (Å²) in [7, 11) is 0. The number of amides is 3. The van der Waals surface area contributed by atoms with Crippen molar-refractivity contribution < 1.29 is 14.4 Å². The van der Waals surface area contributed by atoms with Crippen LogP contribution in [0.3, 0.4) is 0 Å². The summed E-state index contributed by atoms with van der Waals surface area (Å²) in [5.41, 5.74) is 1.38. The van der Waals surface area contributed by atoms with E-state index < -0.39 is 0 Å². The summed E-state index contributed by atoms with van der Waals surface area (Å²) >= 11 is 0. The lowest BCUT2D eigenvalue weighted by Crippen LogP contribution is -2.35. The highest BCUT2D eigenvalue weighted by molar-refractivity contribution is 6.06. The number of carbonyl (C=O) groups is 3. The second-order valence-corrected chi connectivity index (χ2v) is 6.93. The van der Waals surface area contributed by atoms with Crippen LogP contribution in [0.25, 0.3) is 0 Å². The van der Waals surface area contributed by atoms with Gasteiger partial charge in [-0.3, -0.25) is 24.6 Å². The number of aromatic nitrogens is 3. The van der Waals surface area contributed by atoms with E-state index in [4.69, 9.17) is 0 Å². The Balaban J connectivity index is 1.37. The molecule has 0 radical (unpaired) electrons. The number of imide groups is 1. The highest BCUT2D eigenvalue weighted by atomic mass is 16.2. The fraction of sp³-hybridized carbons (Fsp3) is 0.529. The van der Waals surface area contributed by atoms with Crippen molar-refractivity contribution in [1.82, 2.24) is 20.1 Å². The second kappa shape index (κ2) is 5.72. The minimum Gasteiger partial charge on any atom is -0.293 e. The summed E-state index contributed by atoms with van der Waals surface area (Å²) in [6.45, 7) is 3.65. The quantitative estimate of drug-likeness (QED) is 0.636. The lowest BCUT2D eigenvalue weighted by molar-refractivity contribution is -0.140. The summed E-state index contributed by atoms with van der Waals surface area (Å²) in [4.78, 5) is 42.6. The molecule has 2 bridgehead atoms. The van der Waals surface area contributed by atoms with E-state index >= 15 is 0 Å². The molecule has 2 heterocycles. The van der Waals surface area contributed by atoms with Crippen LogP contribution >= 0.6 is 0 Å². The molecule has 0 unspecified atom stereocenters. The number of anilines is 1. The monoisotopic (exact) mass is 341 g/mol. The van der Waals surface area contributed by atoms with Gasteiger partial charge in [-0.2, -0.15) is 5.10 Å². The SMILES string of the molecule is Cc1nnc(NC(=O)CCN2C(=O)[C@@H]3[C@H](C2=O)[C@H]2C=C[C@H]3C2)nc1C. The van der Waals surface area contributed by atoms with E-state index in [0.29, 0.717) is 11.4 Å². The molecule has 8 nitrogen and oxygen atoms in total. The molecular weight excluding hydrogens is 322 g/mol. The third kappa shape index (κ3) is 2.52. The van der Waals surface area contributed by atoms with E-state index in [2.05, 4.69) is 32.7 Å². The summed E-state index contributed by atoms with van der Waals surface area (Å²) in [6, 6.07) is 0. The van der Waals surface area contributed by atoms with E-state index in [1.807, 2.05) is 0 Å². The highest BCUT2D eigenvalue weighted by Crippen LogP contribution is 2.52. The molecule has 2 aliphatic carbocycles. The molecule has 1 aromatic rings. The fourth-order valence-corrected chi connectivity index (χ4v) is 4.09. The number of nitrogens with one attached hydrogen (secondary N) is 1. The van der Waals surface area contributed by atoms with Crippen LogP contribution in [0, 0.1) is 37.5 Å².